The number of rotatable bonds is 8. The zero-order valence-electron chi connectivity index (χ0n) is 17.9. The molecule has 0 aliphatic heterocycles. The minimum absolute atomic E-state index is 0.149. The van der Waals surface area contributed by atoms with Crippen molar-refractivity contribution in [2.75, 3.05) is 19.5 Å². The van der Waals surface area contributed by atoms with Crippen molar-refractivity contribution >= 4 is 28.1 Å². The number of amides is 1. The summed E-state index contributed by atoms with van der Waals surface area (Å²) < 4.78 is 10.6. The van der Waals surface area contributed by atoms with Crippen LogP contribution >= 0.6 is 11.3 Å². The van der Waals surface area contributed by atoms with E-state index in [2.05, 4.69) is 28.6 Å². The summed E-state index contributed by atoms with van der Waals surface area (Å²) in [7, 11) is 3.19. The Balaban J connectivity index is 1.74. The molecule has 3 aromatic rings. The normalized spacial score (nSPS) is 11.6. The molecule has 158 valence electrons. The highest BCUT2D eigenvalue weighted by Gasteiger charge is 2.19. The van der Waals surface area contributed by atoms with Crippen molar-refractivity contribution in [2.24, 2.45) is 0 Å². The van der Waals surface area contributed by atoms with Gasteiger partial charge in [0, 0.05) is 5.69 Å². The predicted molar refractivity (Wildman–Crippen MR) is 121 cm³/mol. The molecule has 0 bridgehead atoms. The van der Waals surface area contributed by atoms with Gasteiger partial charge in [0.25, 0.3) is 5.91 Å². The van der Waals surface area contributed by atoms with Gasteiger partial charge in [0.05, 0.1) is 26.0 Å². The molecule has 0 radical (unpaired) electrons. The van der Waals surface area contributed by atoms with E-state index in [1.165, 1.54) is 16.9 Å². The van der Waals surface area contributed by atoms with Crippen LogP contribution < -0.4 is 20.1 Å². The number of ether oxygens (including phenoxy) is 2. The van der Waals surface area contributed by atoms with Gasteiger partial charge < -0.3 is 20.1 Å². The SMILES string of the molecule is CCc1ccccc1Nc1nc(C)c(C(=O)N[C@@H](C)c2ccc(OC)c(OC)c2)s1. The van der Waals surface area contributed by atoms with Crippen molar-refractivity contribution < 1.29 is 14.3 Å². The molecule has 1 amide bonds. The van der Waals surface area contributed by atoms with Crippen LogP contribution in [0.4, 0.5) is 10.8 Å². The predicted octanol–water partition coefficient (Wildman–Crippen LogP) is 5.27. The Morgan fingerprint density at radius 2 is 1.87 bits per heavy atom. The largest absolute Gasteiger partial charge is 0.493 e. The number of aryl methyl sites for hydroxylation is 2. The summed E-state index contributed by atoms with van der Waals surface area (Å²) >= 11 is 1.35. The van der Waals surface area contributed by atoms with Crippen LogP contribution in [0, 0.1) is 6.92 Å². The second-order valence-corrected chi connectivity index (χ2v) is 7.88. The van der Waals surface area contributed by atoms with Crippen LogP contribution in [0.25, 0.3) is 0 Å². The quantitative estimate of drug-likeness (QED) is 0.515. The molecule has 0 unspecified atom stereocenters. The minimum atomic E-state index is -0.198. The zero-order chi connectivity index (χ0) is 21.7. The van der Waals surface area contributed by atoms with Crippen molar-refractivity contribution in [3.63, 3.8) is 0 Å². The first-order valence-corrected chi connectivity index (χ1v) is 10.6. The molecule has 1 aromatic heterocycles. The fourth-order valence-corrected chi connectivity index (χ4v) is 4.08. The monoisotopic (exact) mass is 425 g/mol. The number of thiazole rings is 1. The number of aromatic nitrogens is 1. The summed E-state index contributed by atoms with van der Waals surface area (Å²) in [4.78, 5) is 18.0. The Morgan fingerprint density at radius 3 is 2.57 bits per heavy atom. The average Bonchev–Trinajstić information content (AvgIpc) is 3.13. The van der Waals surface area contributed by atoms with E-state index in [1.54, 1.807) is 14.2 Å². The molecule has 2 N–H and O–H groups in total. The average molecular weight is 426 g/mol. The van der Waals surface area contributed by atoms with Crippen molar-refractivity contribution in [3.05, 3.63) is 64.2 Å². The highest BCUT2D eigenvalue weighted by molar-refractivity contribution is 7.17. The fraction of sp³-hybridized carbons (Fsp3) is 0.304. The lowest BCUT2D eigenvalue weighted by molar-refractivity contribution is 0.0943. The fourth-order valence-electron chi connectivity index (χ4n) is 3.19. The third-order valence-corrected chi connectivity index (χ3v) is 5.97. The third kappa shape index (κ3) is 4.74. The Morgan fingerprint density at radius 1 is 1.13 bits per heavy atom. The number of nitrogens with zero attached hydrogens (tertiary/aromatic N) is 1. The molecule has 0 saturated carbocycles. The molecular weight excluding hydrogens is 398 g/mol. The van der Waals surface area contributed by atoms with Crippen LogP contribution in [0.3, 0.4) is 0 Å². The summed E-state index contributed by atoms with van der Waals surface area (Å²) in [6, 6.07) is 13.5. The summed E-state index contributed by atoms with van der Waals surface area (Å²) in [5, 5.41) is 7.10. The number of para-hydroxylation sites is 1. The van der Waals surface area contributed by atoms with Gasteiger partial charge >= 0.3 is 0 Å². The second-order valence-electron chi connectivity index (χ2n) is 6.88. The van der Waals surface area contributed by atoms with Crippen molar-refractivity contribution in [1.29, 1.82) is 0 Å². The van der Waals surface area contributed by atoms with Gasteiger partial charge in [0.1, 0.15) is 4.88 Å². The molecule has 7 heteroatoms. The molecular formula is C23H27N3O3S. The van der Waals surface area contributed by atoms with Gasteiger partial charge in [-0.25, -0.2) is 4.98 Å². The number of hydrogen-bond acceptors (Lipinski definition) is 6. The van der Waals surface area contributed by atoms with Crippen LogP contribution in [0.2, 0.25) is 0 Å². The first kappa shape index (κ1) is 21.6. The Labute approximate surface area is 181 Å². The minimum Gasteiger partial charge on any atom is -0.493 e. The molecule has 3 rings (SSSR count). The van der Waals surface area contributed by atoms with E-state index in [0.29, 0.717) is 27.2 Å². The van der Waals surface area contributed by atoms with E-state index < -0.39 is 0 Å². The Bertz CT molecular complexity index is 1030. The molecule has 6 nitrogen and oxygen atoms in total. The first-order chi connectivity index (χ1) is 14.5. The highest BCUT2D eigenvalue weighted by atomic mass is 32.1. The van der Waals surface area contributed by atoms with Gasteiger partial charge in [-0.05, 0) is 49.6 Å². The number of benzene rings is 2. The molecule has 1 atom stereocenters. The molecule has 0 spiro atoms. The molecule has 0 aliphatic rings. The number of methoxy groups -OCH3 is 2. The van der Waals surface area contributed by atoms with Gasteiger partial charge in [-0.1, -0.05) is 42.5 Å². The zero-order valence-corrected chi connectivity index (χ0v) is 18.7. The van der Waals surface area contributed by atoms with E-state index in [4.69, 9.17) is 9.47 Å². The van der Waals surface area contributed by atoms with Crippen LogP contribution in [0.1, 0.15) is 46.4 Å². The maximum Gasteiger partial charge on any atom is 0.263 e. The van der Waals surface area contributed by atoms with E-state index in [0.717, 1.165) is 17.7 Å². The summed E-state index contributed by atoms with van der Waals surface area (Å²) in [6.45, 7) is 5.90. The smallest absolute Gasteiger partial charge is 0.263 e. The number of anilines is 2. The van der Waals surface area contributed by atoms with Crippen LogP contribution in [-0.2, 0) is 6.42 Å². The summed E-state index contributed by atoms with van der Waals surface area (Å²) in [6.07, 6.45) is 0.920. The standard InChI is InChI=1S/C23H27N3O3S/c1-6-16-9-7-8-10-18(16)26-23-25-15(3)21(30-23)22(27)24-14(2)17-11-12-19(28-4)20(13-17)29-5/h7-14H,6H2,1-5H3,(H,24,27)(H,25,26)/t14-/m0/s1. The topological polar surface area (TPSA) is 72.5 Å². The third-order valence-electron chi connectivity index (χ3n) is 4.90. The van der Waals surface area contributed by atoms with Crippen LogP contribution in [-0.4, -0.2) is 25.1 Å². The number of nitrogens with one attached hydrogen (secondary N) is 2. The summed E-state index contributed by atoms with van der Waals surface area (Å²) in [5.41, 5.74) is 3.85. The van der Waals surface area contributed by atoms with Gasteiger partial charge in [-0.2, -0.15) is 0 Å². The molecule has 1 heterocycles. The van der Waals surface area contributed by atoms with E-state index in [1.807, 2.05) is 50.2 Å². The molecule has 30 heavy (non-hydrogen) atoms. The van der Waals surface area contributed by atoms with Gasteiger partial charge in [0.2, 0.25) is 0 Å². The number of hydrogen-bond donors (Lipinski definition) is 2. The first-order valence-electron chi connectivity index (χ1n) is 9.82. The summed E-state index contributed by atoms with van der Waals surface area (Å²) in [5.74, 6) is 1.14. The van der Waals surface area contributed by atoms with E-state index in [9.17, 15) is 4.79 Å². The number of carbonyl (C=O) groups excluding carboxylic acids is 1. The van der Waals surface area contributed by atoms with Crippen molar-refractivity contribution in [3.8, 4) is 11.5 Å². The lowest BCUT2D eigenvalue weighted by atomic mass is 10.1. The van der Waals surface area contributed by atoms with Crippen molar-refractivity contribution in [2.45, 2.75) is 33.2 Å². The van der Waals surface area contributed by atoms with Gasteiger partial charge in [-0.3, -0.25) is 4.79 Å². The molecule has 0 fully saturated rings. The molecule has 0 aliphatic carbocycles. The van der Waals surface area contributed by atoms with Gasteiger partial charge in [0.15, 0.2) is 16.6 Å². The Hall–Kier alpha value is -3.06. The van der Waals surface area contributed by atoms with Crippen LogP contribution in [0.5, 0.6) is 11.5 Å². The highest BCUT2D eigenvalue weighted by Crippen LogP contribution is 2.31. The maximum absolute atomic E-state index is 12.9. The molecule has 0 saturated heterocycles. The van der Waals surface area contributed by atoms with E-state index in [-0.39, 0.29) is 11.9 Å². The van der Waals surface area contributed by atoms with Crippen molar-refractivity contribution in [1.82, 2.24) is 10.3 Å². The van der Waals surface area contributed by atoms with E-state index >= 15 is 0 Å². The number of carbonyl (C=O) groups is 1. The van der Waals surface area contributed by atoms with Gasteiger partial charge in [-0.15, -0.1) is 0 Å². The van der Waals surface area contributed by atoms with Crippen LogP contribution in [0.15, 0.2) is 42.5 Å². The molecule has 2 aromatic carbocycles. The second kappa shape index (κ2) is 9.63. The lowest BCUT2D eigenvalue weighted by Crippen LogP contribution is -2.26. The lowest BCUT2D eigenvalue weighted by Gasteiger charge is -2.16. The Kier molecular flexibility index (Phi) is 6.95. The maximum atomic E-state index is 12.9.